The first-order valence-electron chi connectivity index (χ1n) is 4.08. The molecule has 1 atom stereocenters. The summed E-state index contributed by atoms with van der Waals surface area (Å²) >= 11 is 5.44. The molecule has 0 saturated heterocycles. The van der Waals surface area contributed by atoms with Gasteiger partial charge in [-0.25, -0.2) is 4.39 Å². The van der Waals surface area contributed by atoms with Crippen molar-refractivity contribution in [3.63, 3.8) is 0 Å². The number of benzene rings is 1. The maximum absolute atomic E-state index is 12.9. The fraction of sp³-hybridized carbons (Fsp3) is 0.333. The van der Waals surface area contributed by atoms with E-state index >= 15 is 0 Å². The molecule has 0 heterocycles. The molecule has 1 unspecified atom stereocenters. The molecule has 1 aromatic rings. The van der Waals surface area contributed by atoms with Gasteiger partial charge in [-0.3, -0.25) is 0 Å². The van der Waals surface area contributed by atoms with Crippen molar-refractivity contribution in [1.82, 2.24) is 0 Å². The zero-order chi connectivity index (χ0) is 11.6. The van der Waals surface area contributed by atoms with E-state index in [0.717, 1.165) is 12.1 Å². The van der Waals surface area contributed by atoms with E-state index in [1.807, 2.05) is 0 Å². The number of hydrogen-bond acceptors (Lipinski definition) is 1. The van der Waals surface area contributed by atoms with E-state index in [2.05, 4.69) is 0 Å². The minimum Gasteiger partial charge on any atom is -0.330 e. The molecule has 0 amide bonds. The fourth-order valence-corrected chi connectivity index (χ4v) is 1.48. The summed E-state index contributed by atoms with van der Waals surface area (Å²) in [7, 11) is 0. The van der Waals surface area contributed by atoms with Gasteiger partial charge in [0.25, 0.3) is 0 Å². The summed E-state index contributed by atoms with van der Waals surface area (Å²) in [5.74, 6) is -2.81. The van der Waals surface area contributed by atoms with Crippen LogP contribution in [0, 0.1) is 5.82 Å². The molecule has 0 radical (unpaired) electrons. The van der Waals surface area contributed by atoms with Crippen LogP contribution in [0.3, 0.4) is 0 Å². The van der Waals surface area contributed by atoms with Crippen LogP contribution < -0.4 is 5.73 Å². The zero-order valence-electron chi connectivity index (χ0n) is 7.48. The molecule has 1 aromatic carbocycles. The molecular formula is C9H8ClF4N. The fourth-order valence-electron chi connectivity index (χ4n) is 1.23. The second-order valence-corrected chi connectivity index (χ2v) is 3.35. The molecule has 6 heteroatoms. The van der Waals surface area contributed by atoms with E-state index < -0.39 is 29.5 Å². The van der Waals surface area contributed by atoms with Crippen molar-refractivity contribution < 1.29 is 17.6 Å². The van der Waals surface area contributed by atoms with Crippen LogP contribution in [0.25, 0.3) is 0 Å². The molecule has 1 nitrogen and oxygen atoms in total. The van der Waals surface area contributed by atoms with Crippen LogP contribution in [0.1, 0.15) is 11.5 Å². The summed E-state index contributed by atoms with van der Waals surface area (Å²) in [4.78, 5) is 0. The van der Waals surface area contributed by atoms with Crippen LogP contribution in [0.2, 0.25) is 5.02 Å². The van der Waals surface area contributed by atoms with E-state index in [9.17, 15) is 17.6 Å². The normalized spacial score (nSPS) is 14.0. The molecular weight excluding hydrogens is 234 g/mol. The Balaban J connectivity index is 3.19. The smallest absolute Gasteiger partial charge is 0.330 e. The topological polar surface area (TPSA) is 26.0 Å². The summed E-state index contributed by atoms with van der Waals surface area (Å²) in [6.07, 6.45) is -4.52. The van der Waals surface area contributed by atoms with Crippen LogP contribution >= 0.6 is 11.6 Å². The Labute approximate surface area is 88.8 Å². The Kier molecular flexibility index (Phi) is 3.57. The quantitative estimate of drug-likeness (QED) is 0.791. The number of halogens is 5. The molecule has 0 aromatic heterocycles. The number of hydrogen-bond donors (Lipinski definition) is 1. The molecule has 0 bridgehead atoms. The second kappa shape index (κ2) is 4.37. The average Bonchev–Trinajstić information content (AvgIpc) is 2.11. The maximum atomic E-state index is 12.9. The van der Waals surface area contributed by atoms with Crippen molar-refractivity contribution in [2.75, 3.05) is 6.54 Å². The lowest BCUT2D eigenvalue weighted by Crippen LogP contribution is -2.28. The second-order valence-electron chi connectivity index (χ2n) is 2.97. The maximum Gasteiger partial charge on any atom is 0.397 e. The van der Waals surface area contributed by atoms with Gasteiger partial charge in [0.15, 0.2) is 0 Å². The van der Waals surface area contributed by atoms with E-state index in [0.29, 0.717) is 0 Å². The summed E-state index contributed by atoms with van der Waals surface area (Å²) in [6, 6.07) is 3.29. The summed E-state index contributed by atoms with van der Waals surface area (Å²) in [6.45, 7) is -0.660. The lowest BCUT2D eigenvalue weighted by Gasteiger charge is -2.19. The van der Waals surface area contributed by atoms with Gasteiger partial charge in [-0.2, -0.15) is 13.2 Å². The Morgan fingerprint density at radius 3 is 2.40 bits per heavy atom. The van der Waals surface area contributed by atoms with Crippen molar-refractivity contribution in [1.29, 1.82) is 0 Å². The average molecular weight is 242 g/mol. The molecule has 0 aliphatic carbocycles. The molecule has 0 spiro atoms. The van der Waals surface area contributed by atoms with E-state index in [4.69, 9.17) is 17.3 Å². The number of nitrogens with two attached hydrogens (primary N) is 1. The van der Waals surface area contributed by atoms with Crippen LogP contribution in [-0.2, 0) is 0 Å². The predicted molar refractivity (Wildman–Crippen MR) is 49.3 cm³/mol. The van der Waals surface area contributed by atoms with Crippen molar-refractivity contribution in [3.8, 4) is 0 Å². The van der Waals surface area contributed by atoms with Crippen LogP contribution in [0.4, 0.5) is 17.6 Å². The Morgan fingerprint density at radius 2 is 1.93 bits per heavy atom. The summed E-state index contributed by atoms with van der Waals surface area (Å²) in [5.41, 5.74) is 4.68. The van der Waals surface area contributed by atoms with Gasteiger partial charge in [0, 0.05) is 6.54 Å². The van der Waals surface area contributed by atoms with Gasteiger partial charge in [-0.05, 0) is 11.6 Å². The van der Waals surface area contributed by atoms with E-state index in [1.54, 1.807) is 0 Å². The number of rotatable bonds is 2. The van der Waals surface area contributed by atoms with Gasteiger partial charge >= 0.3 is 6.18 Å². The standard InChI is InChI=1S/C9H8ClF4N/c10-8-5(2-1-3-7(8)11)6(4-15)9(12,13)14/h1-3,6H,4,15H2. The minimum absolute atomic E-state index is 0.327. The lowest BCUT2D eigenvalue weighted by molar-refractivity contribution is -0.148. The number of alkyl halides is 3. The van der Waals surface area contributed by atoms with Crippen LogP contribution in [0.15, 0.2) is 18.2 Å². The molecule has 0 aliphatic heterocycles. The van der Waals surface area contributed by atoms with Gasteiger partial charge in [0.05, 0.1) is 10.9 Å². The third kappa shape index (κ3) is 2.60. The molecule has 0 saturated carbocycles. The van der Waals surface area contributed by atoms with E-state index in [-0.39, 0.29) is 5.56 Å². The zero-order valence-corrected chi connectivity index (χ0v) is 8.24. The van der Waals surface area contributed by atoms with Crippen LogP contribution in [-0.4, -0.2) is 12.7 Å². The van der Waals surface area contributed by atoms with Gasteiger partial charge in [-0.15, -0.1) is 0 Å². The minimum atomic E-state index is -4.52. The lowest BCUT2D eigenvalue weighted by atomic mass is 9.98. The van der Waals surface area contributed by atoms with Crippen molar-refractivity contribution in [2.45, 2.75) is 12.1 Å². The summed E-state index contributed by atoms with van der Waals surface area (Å²) < 4.78 is 50.3. The monoisotopic (exact) mass is 241 g/mol. The Hall–Kier alpha value is -0.810. The first kappa shape index (κ1) is 12.3. The third-order valence-corrected chi connectivity index (χ3v) is 2.39. The first-order chi connectivity index (χ1) is 6.88. The molecule has 1 rings (SSSR count). The SMILES string of the molecule is NCC(c1cccc(F)c1Cl)C(F)(F)F. The van der Waals surface area contributed by atoms with Gasteiger partial charge in [0.1, 0.15) is 5.82 Å². The predicted octanol–water partition coefficient (Wildman–Crippen LogP) is 3.08. The Morgan fingerprint density at radius 1 is 1.33 bits per heavy atom. The molecule has 0 fully saturated rings. The first-order valence-corrected chi connectivity index (χ1v) is 4.46. The highest BCUT2D eigenvalue weighted by Crippen LogP contribution is 2.37. The third-order valence-electron chi connectivity index (χ3n) is 1.99. The van der Waals surface area contributed by atoms with Gasteiger partial charge < -0.3 is 5.73 Å². The van der Waals surface area contributed by atoms with Crippen molar-refractivity contribution in [3.05, 3.63) is 34.6 Å². The van der Waals surface area contributed by atoms with E-state index in [1.165, 1.54) is 6.07 Å². The van der Waals surface area contributed by atoms with Crippen LogP contribution in [0.5, 0.6) is 0 Å². The molecule has 84 valence electrons. The van der Waals surface area contributed by atoms with Crippen molar-refractivity contribution in [2.24, 2.45) is 5.73 Å². The largest absolute Gasteiger partial charge is 0.397 e. The highest BCUT2D eigenvalue weighted by atomic mass is 35.5. The van der Waals surface area contributed by atoms with Gasteiger partial charge in [-0.1, -0.05) is 23.7 Å². The summed E-state index contributed by atoms with van der Waals surface area (Å²) in [5, 5.41) is -0.523. The highest BCUT2D eigenvalue weighted by Gasteiger charge is 2.40. The molecule has 15 heavy (non-hydrogen) atoms. The van der Waals surface area contributed by atoms with Gasteiger partial charge in [0.2, 0.25) is 0 Å². The molecule has 2 N–H and O–H groups in total. The molecule has 0 aliphatic rings. The van der Waals surface area contributed by atoms with Crippen molar-refractivity contribution >= 4 is 11.6 Å². The highest BCUT2D eigenvalue weighted by molar-refractivity contribution is 6.31. The Bertz CT molecular complexity index is 350.